The van der Waals surface area contributed by atoms with E-state index in [0.717, 1.165) is 11.1 Å². The molecule has 2 heterocycles. The monoisotopic (exact) mass is 480 g/mol. The lowest BCUT2D eigenvalue weighted by Gasteiger charge is -2.36. The maximum atomic E-state index is 13.0. The molecule has 1 saturated heterocycles. The van der Waals surface area contributed by atoms with Crippen molar-refractivity contribution in [1.82, 2.24) is 19.4 Å². The van der Waals surface area contributed by atoms with Crippen molar-refractivity contribution in [1.29, 1.82) is 0 Å². The molecule has 0 aliphatic carbocycles. The first-order valence-corrected chi connectivity index (χ1v) is 12.0. The number of halogens is 2. The predicted molar refractivity (Wildman–Crippen MR) is 120 cm³/mol. The van der Waals surface area contributed by atoms with Crippen LogP contribution in [0.2, 0.25) is 10.0 Å². The minimum Gasteiger partial charge on any atom is -0.419 e. The molecule has 0 N–H and O–H groups in total. The van der Waals surface area contributed by atoms with Gasteiger partial charge >= 0.3 is 0 Å². The Kier molecular flexibility index (Phi) is 6.37. The Morgan fingerprint density at radius 1 is 1.03 bits per heavy atom. The summed E-state index contributed by atoms with van der Waals surface area (Å²) in [6.45, 7) is 5.70. The number of benzene rings is 2. The van der Waals surface area contributed by atoms with E-state index in [4.69, 9.17) is 27.6 Å². The largest absolute Gasteiger partial charge is 0.419 e. The van der Waals surface area contributed by atoms with Crippen LogP contribution in [0.15, 0.2) is 51.8 Å². The van der Waals surface area contributed by atoms with Gasteiger partial charge in [0.15, 0.2) is 0 Å². The Balaban J connectivity index is 1.45. The summed E-state index contributed by atoms with van der Waals surface area (Å²) in [5.74, 6) is 0.980. The quantitative estimate of drug-likeness (QED) is 0.537. The van der Waals surface area contributed by atoms with E-state index in [2.05, 4.69) is 15.1 Å². The summed E-state index contributed by atoms with van der Waals surface area (Å²) in [6.07, 6.45) is 0. The molecule has 7 nitrogen and oxygen atoms in total. The highest BCUT2D eigenvalue weighted by atomic mass is 35.5. The van der Waals surface area contributed by atoms with Crippen molar-refractivity contribution in [3.05, 3.63) is 64.0 Å². The van der Waals surface area contributed by atoms with E-state index in [1.807, 2.05) is 38.1 Å². The molecule has 1 fully saturated rings. The lowest BCUT2D eigenvalue weighted by Crippen LogP contribution is -2.49. The van der Waals surface area contributed by atoms with E-state index in [1.165, 1.54) is 16.4 Å². The van der Waals surface area contributed by atoms with Crippen molar-refractivity contribution in [2.45, 2.75) is 24.8 Å². The Hall–Kier alpha value is -1.97. The van der Waals surface area contributed by atoms with Crippen LogP contribution in [0.1, 0.15) is 24.4 Å². The highest BCUT2D eigenvalue weighted by Crippen LogP contribution is 2.30. The van der Waals surface area contributed by atoms with Crippen molar-refractivity contribution in [2.24, 2.45) is 0 Å². The van der Waals surface area contributed by atoms with E-state index in [0.29, 0.717) is 43.0 Å². The van der Waals surface area contributed by atoms with Crippen LogP contribution < -0.4 is 0 Å². The second kappa shape index (κ2) is 8.88. The lowest BCUT2D eigenvalue weighted by molar-refractivity contribution is 0.129. The second-order valence-corrected chi connectivity index (χ2v) is 10.3. The first kappa shape index (κ1) is 22.2. The van der Waals surface area contributed by atoms with Gasteiger partial charge in [-0.05, 0) is 44.2 Å². The van der Waals surface area contributed by atoms with E-state index in [-0.39, 0.29) is 16.0 Å². The van der Waals surface area contributed by atoms with Crippen molar-refractivity contribution in [3.63, 3.8) is 0 Å². The highest BCUT2D eigenvalue weighted by Gasteiger charge is 2.33. The lowest BCUT2D eigenvalue weighted by atomic mass is 10.1. The summed E-state index contributed by atoms with van der Waals surface area (Å²) >= 11 is 12.1. The average Bonchev–Trinajstić information content (AvgIpc) is 3.25. The first-order chi connectivity index (χ1) is 14.8. The first-order valence-electron chi connectivity index (χ1n) is 9.85. The van der Waals surface area contributed by atoms with Crippen molar-refractivity contribution in [2.75, 3.05) is 26.2 Å². The van der Waals surface area contributed by atoms with E-state index in [1.54, 1.807) is 6.07 Å². The molecule has 0 saturated carbocycles. The predicted octanol–water partition coefficient (Wildman–Crippen LogP) is 4.42. The maximum absolute atomic E-state index is 13.0. The van der Waals surface area contributed by atoms with Crippen LogP contribution in [-0.4, -0.2) is 54.0 Å². The van der Waals surface area contributed by atoms with Gasteiger partial charge in [0.2, 0.25) is 21.8 Å². The van der Waals surface area contributed by atoms with Crippen LogP contribution in [0, 0.1) is 6.92 Å². The van der Waals surface area contributed by atoms with Gasteiger partial charge in [-0.1, -0.05) is 40.9 Å². The zero-order valence-corrected chi connectivity index (χ0v) is 19.5. The van der Waals surface area contributed by atoms with Gasteiger partial charge in [0.05, 0.1) is 11.1 Å². The van der Waals surface area contributed by atoms with E-state index < -0.39 is 10.0 Å². The Morgan fingerprint density at radius 3 is 2.48 bits per heavy atom. The molecule has 164 valence electrons. The minimum atomic E-state index is -3.73. The fourth-order valence-corrected chi connectivity index (χ4v) is 5.76. The summed E-state index contributed by atoms with van der Waals surface area (Å²) in [7, 11) is -3.73. The summed E-state index contributed by atoms with van der Waals surface area (Å²) in [4.78, 5) is 2.15. The van der Waals surface area contributed by atoms with Gasteiger partial charge in [-0.15, -0.1) is 10.2 Å². The van der Waals surface area contributed by atoms with Gasteiger partial charge in [0.25, 0.3) is 0 Å². The molecule has 0 spiro atoms. The SMILES string of the molecule is Cc1cccc(-c2nnc([C@H](C)N3CCN(S(=O)(=O)c4cc(Cl)ccc4Cl)CC3)o2)c1. The Bertz CT molecular complexity index is 1190. The third-order valence-electron chi connectivity index (χ3n) is 5.40. The molecule has 1 aromatic heterocycles. The molecule has 1 atom stereocenters. The highest BCUT2D eigenvalue weighted by molar-refractivity contribution is 7.89. The number of hydrogen-bond donors (Lipinski definition) is 0. The third kappa shape index (κ3) is 4.63. The van der Waals surface area contributed by atoms with Crippen molar-refractivity contribution >= 4 is 33.2 Å². The molecular formula is C21H22Cl2N4O3S. The Labute approximate surface area is 191 Å². The van der Waals surface area contributed by atoms with E-state index >= 15 is 0 Å². The zero-order chi connectivity index (χ0) is 22.2. The normalized spacial score (nSPS) is 17.0. The summed E-state index contributed by atoms with van der Waals surface area (Å²) in [5.41, 5.74) is 1.99. The van der Waals surface area contributed by atoms with Crippen LogP contribution >= 0.6 is 23.2 Å². The van der Waals surface area contributed by atoms with Crippen molar-refractivity contribution < 1.29 is 12.8 Å². The molecule has 4 rings (SSSR count). The molecule has 31 heavy (non-hydrogen) atoms. The minimum absolute atomic E-state index is 0.0304. The second-order valence-electron chi connectivity index (χ2n) is 7.51. The molecule has 1 aliphatic heterocycles. The van der Waals surface area contributed by atoms with Gasteiger partial charge in [0, 0.05) is 36.8 Å². The molecule has 10 heteroatoms. The van der Waals surface area contributed by atoms with Crippen LogP contribution in [0.3, 0.4) is 0 Å². The number of aromatic nitrogens is 2. The fraction of sp³-hybridized carbons (Fsp3) is 0.333. The van der Waals surface area contributed by atoms with Crippen LogP contribution in [-0.2, 0) is 10.0 Å². The molecular weight excluding hydrogens is 459 g/mol. The molecule has 0 unspecified atom stereocenters. The van der Waals surface area contributed by atoms with Crippen LogP contribution in [0.5, 0.6) is 0 Å². The Morgan fingerprint density at radius 2 is 1.77 bits per heavy atom. The number of piperazine rings is 1. The summed E-state index contributed by atoms with van der Waals surface area (Å²) in [5, 5.41) is 8.88. The number of sulfonamides is 1. The molecule has 1 aliphatic rings. The molecule has 0 amide bonds. The summed E-state index contributed by atoms with van der Waals surface area (Å²) < 4.78 is 33.4. The number of hydrogen-bond acceptors (Lipinski definition) is 6. The zero-order valence-electron chi connectivity index (χ0n) is 17.1. The third-order valence-corrected chi connectivity index (χ3v) is 8.01. The smallest absolute Gasteiger partial charge is 0.247 e. The van der Waals surface area contributed by atoms with Gasteiger partial charge in [-0.3, -0.25) is 4.90 Å². The molecule has 0 bridgehead atoms. The van der Waals surface area contributed by atoms with Crippen LogP contribution in [0.4, 0.5) is 0 Å². The average molecular weight is 481 g/mol. The van der Waals surface area contributed by atoms with Crippen molar-refractivity contribution in [3.8, 4) is 11.5 Å². The van der Waals surface area contributed by atoms with E-state index in [9.17, 15) is 8.42 Å². The van der Waals surface area contributed by atoms with Gasteiger partial charge in [-0.2, -0.15) is 4.31 Å². The number of rotatable bonds is 5. The summed E-state index contributed by atoms with van der Waals surface area (Å²) in [6, 6.07) is 12.2. The van der Waals surface area contributed by atoms with Gasteiger partial charge in [-0.25, -0.2) is 8.42 Å². The molecule has 3 aromatic rings. The molecule has 0 radical (unpaired) electrons. The fourth-order valence-electron chi connectivity index (χ4n) is 3.60. The van der Waals surface area contributed by atoms with Crippen LogP contribution in [0.25, 0.3) is 11.5 Å². The van der Waals surface area contributed by atoms with Gasteiger partial charge in [0.1, 0.15) is 4.90 Å². The standard InChI is InChI=1S/C21H22Cl2N4O3S/c1-14-4-3-5-16(12-14)21-25-24-20(30-21)15(2)26-8-10-27(11-9-26)31(28,29)19-13-17(22)6-7-18(19)23/h3-7,12-13,15H,8-11H2,1-2H3/t15-/m0/s1. The number of aryl methyl sites for hydroxylation is 1. The number of nitrogens with zero attached hydrogens (tertiary/aromatic N) is 4. The topological polar surface area (TPSA) is 79.5 Å². The maximum Gasteiger partial charge on any atom is 0.247 e. The van der Waals surface area contributed by atoms with Gasteiger partial charge < -0.3 is 4.42 Å². The molecule has 2 aromatic carbocycles.